The highest BCUT2D eigenvalue weighted by molar-refractivity contribution is 9.10. The number of nitrogens with zero attached hydrogens (tertiary/aromatic N) is 2. The van der Waals surface area contributed by atoms with Crippen LogP contribution in [0, 0.1) is 6.92 Å². The van der Waals surface area contributed by atoms with Gasteiger partial charge in [-0.05, 0) is 55.8 Å². The van der Waals surface area contributed by atoms with Gasteiger partial charge in [-0.3, -0.25) is 13.9 Å². The molecule has 0 aliphatic rings. The maximum atomic E-state index is 13.7. The summed E-state index contributed by atoms with van der Waals surface area (Å²) in [6.07, 6.45) is 0. The van der Waals surface area contributed by atoms with Crippen LogP contribution in [0.5, 0.6) is 0 Å². The first kappa shape index (κ1) is 26.4. The molecule has 1 N–H and O–H groups in total. The van der Waals surface area contributed by atoms with Gasteiger partial charge in [-0.1, -0.05) is 64.0 Å². The number of halogens is 1. The number of sulfonamides is 1. The molecular formula is C26H28BrN3O4S. The Bertz CT molecular complexity index is 1280. The summed E-state index contributed by atoms with van der Waals surface area (Å²) in [6.45, 7) is 3.27. The monoisotopic (exact) mass is 557 g/mol. The number of hydrogen-bond acceptors (Lipinski definition) is 4. The van der Waals surface area contributed by atoms with E-state index >= 15 is 0 Å². The molecular weight excluding hydrogens is 530 g/mol. The van der Waals surface area contributed by atoms with E-state index in [-0.39, 0.29) is 17.3 Å². The maximum absolute atomic E-state index is 13.7. The van der Waals surface area contributed by atoms with Crippen LogP contribution in [0.15, 0.2) is 88.2 Å². The molecule has 3 aromatic carbocycles. The van der Waals surface area contributed by atoms with Crippen LogP contribution in [0.2, 0.25) is 0 Å². The Morgan fingerprint density at radius 3 is 2.23 bits per heavy atom. The maximum Gasteiger partial charge on any atom is 0.264 e. The van der Waals surface area contributed by atoms with Crippen molar-refractivity contribution in [2.75, 3.05) is 17.9 Å². The first-order chi connectivity index (χ1) is 16.6. The number of nitrogens with one attached hydrogen (secondary N) is 1. The predicted octanol–water partition coefficient (Wildman–Crippen LogP) is 4.12. The summed E-state index contributed by atoms with van der Waals surface area (Å²) in [5, 5.41) is 2.57. The Balaban J connectivity index is 2.01. The Kier molecular flexibility index (Phi) is 8.69. The molecule has 2 amide bonds. The average molecular weight is 558 g/mol. The van der Waals surface area contributed by atoms with E-state index in [1.807, 2.05) is 31.2 Å². The molecule has 0 bridgehead atoms. The molecule has 1 atom stereocenters. The molecule has 0 aromatic heterocycles. The third kappa shape index (κ3) is 6.49. The molecule has 0 heterocycles. The topological polar surface area (TPSA) is 86.8 Å². The lowest BCUT2D eigenvalue weighted by atomic mass is 10.1. The van der Waals surface area contributed by atoms with Crippen molar-refractivity contribution >= 4 is 43.5 Å². The summed E-state index contributed by atoms with van der Waals surface area (Å²) < 4.78 is 29.1. The van der Waals surface area contributed by atoms with Crippen LogP contribution < -0.4 is 9.62 Å². The van der Waals surface area contributed by atoms with Crippen molar-refractivity contribution in [1.29, 1.82) is 0 Å². The number of hydrogen-bond donors (Lipinski definition) is 1. The van der Waals surface area contributed by atoms with Gasteiger partial charge in [0.15, 0.2) is 0 Å². The van der Waals surface area contributed by atoms with Gasteiger partial charge >= 0.3 is 0 Å². The second kappa shape index (κ2) is 11.5. The molecule has 0 saturated heterocycles. The van der Waals surface area contributed by atoms with Crippen molar-refractivity contribution in [2.45, 2.75) is 31.3 Å². The molecule has 0 radical (unpaired) electrons. The largest absolute Gasteiger partial charge is 0.357 e. The van der Waals surface area contributed by atoms with Gasteiger partial charge in [-0.15, -0.1) is 0 Å². The predicted molar refractivity (Wildman–Crippen MR) is 140 cm³/mol. The molecule has 35 heavy (non-hydrogen) atoms. The quantitative estimate of drug-likeness (QED) is 0.428. The van der Waals surface area contributed by atoms with Crippen molar-refractivity contribution in [1.82, 2.24) is 10.2 Å². The van der Waals surface area contributed by atoms with E-state index in [2.05, 4.69) is 21.2 Å². The summed E-state index contributed by atoms with van der Waals surface area (Å²) in [7, 11) is -2.55. The number of carbonyl (C=O) groups is 2. The van der Waals surface area contributed by atoms with Crippen molar-refractivity contribution in [3.8, 4) is 0 Å². The lowest BCUT2D eigenvalue weighted by Crippen LogP contribution is -2.50. The highest BCUT2D eigenvalue weighted by Gasteiger charge is 2.32. The molecule has 3 rings (SSSR count). The van der Waals surface area contributed by atoms with Gasteiger partial charge in [-0.2, -0.15) is 0 Å². The van der Waals surface area contributed by atoms with Gasteiger partial charge in [0, 0.05) is 18.1 Å². The second-order valence-electron chi connectivity index (χ2n) is 8.10. The number of benzene rings is 3. The fourth-order valence-electron chi connectivity index (χ4n) is 3.65. The number of aryl methyl sites for hydroxylation is 1. The van der Waals surface area contributed by atoms with Crippen LogP contribution in [-0.2, 0) is 26.2 Å². The molecule has 0 aliphatic carbocycles. The van der Waals surface area contributed by atoms with Gasteiger partial charge in [0.05, 0.1) is 10.6 Å². The standard InChI is InChI=1S/C26H28BrN3O4S/c1-19-8-7-9-21(16-19)17-29(20(2)26(32)28-3)25(31)18-30(23-14-12-22(27)13-15-23)35(33,34)24-10-5-4-6-11-24/h4-16,20H,17-18H2,1-3H3,(H,28,32). The highest BCUT2D eigenvalue weighted by atomic mass is 79.9. The Morgan fingerprint density at radius 2 is 1.63 bits per heavy atom. The van der Waals surface area contributed by atoms with Crippen molar-refractivity contribution < 1.29 is 18.0 Å². The summed E-state index contributed by atoms with van der Waals surface area (Å²) in [6, 6.07) is 21.5. The van der Waals surface area contributed by atoms with Crippen LogP contribution in [0.25, 0.3) is 0 Å². The van der Waals surface area contributed by atoms with Crippen LogP contribution >= 0.6 is 15.9 Å². The van der Waals surface area contributed by atoms with E-state index in [0.717, 1.165) is 19.9 Å². The summed E-state index contributed by atoms with van der Waals surface area (Å²) in [4.78, 5) is 27.6. The van der Waals surface area contributed by atoms with Crippen molar-refractivity contribution in [3.63, 3.8) is 0 Å². The third-order valence-corrected chi connectivity index (χ3v) is 7.89. The number of carbonyl (C=O) groups excluding carboxylic acids is 2. The number of amides is 2. The van der Waals surface area contributed by atoms with Crippen LogP contribution in [0.4, 0.5) is 5.69 Å². The van der Waals surface area contributed by atoms with E-state index in [0.29, 0.717) is 5.69 Å². The Hall–Kier alpha value is -3.17. The van der Waals surface area contributed by atoms with E-state index in [4.69, 9.17) is 0 Å². The molecule has 0 aliphatic heterocycles. The third-order valence-electron chi connectivity index (χ3n) is 5.57. The number of anilines is 1. The normalized spacial score (nSPS) is 12.0. The highest BCUT2D eigenvalue weighted by Crippen LogP contribution is 2.26. The van der Waals surface area contributed by atoms with E-state index in [9.17, 15) is 18.0 Å². The Morgan fingerprint density at radius 1 is 0.971 bits per heavy atom. The summed E-state index contributed by atoms with van der Waals surface area (Å²) in [5.74, 6) is -0.836. The molecule has 7 nitrogen and oxygen atoms in total. The lowest BCUT2D eigenvalue weighted by molar-refractivity contribution is -0.139. The minimum absolute atomic E-state index is 0.0697. The number of likely N-dealkylation sites (N-methyl/N-ethyl adjacent to an activating group) is 1. The second-order valence-corrected chi connectivity index (χ2v) is 10.9. The smallest absolute Gasteiger partial charge is 0.264 e. The molecule has 184 valence electrons. The molecule has 0 spiro atoms. The first-order valence-corrected chi connectivity index (χ1v) is 13.3. The molecule has 0 fully saturated rings. The van der Waals surface area contributed by atoms with Gasteiger partial charge in [0.2, 0.25) is 11.8 Å². The first-order valence-electron chi connectivity index (χ1n) is 11.0. The van der Waals surface area contributed by atoms with Gasteiger partial charge < -0.3 is 10.2 Å². The number of rotatable bonds is 9. The van der Waals surface area contributed by atoms with Gasteiger partial charge in [0.25, 0.3) is 10.0 Å². The average Bonchev–Trinajstić information content (AvgIpc) is 2.86. The molecule has 9 heteroatoms. The minimum atomic E-state index is -4.06. The van der Waals surface area contributed by atoms with E-state index in [1.54, 1.807) is 49.4 Å². The fourth-order valence-corrected chi connectivity index (χ4v) is 5.35. The minimum Gasteiger partial charge on any atom is -0.357 e. The van der Waals surface area contributed by atoms with Crippen LogP contribution in [-0.4, -0.2) is 44.8 Å². The van der Waals surface area contributed by atoms with Crippen LogP contribution in [0.3, 0.4) is 0 Å². The fraction of sp³-hybridized carbons (Fsp3) is 0.231. The zero-order valence-corrected chi connectivity index (χ0v) is 22.2. The Labute approximate surface area is 214 Å². The molecule has 0 saturated carbocycles. The van der Waals surface area contributed by atoms with Crippen molar-refractivity contribution in [2.24, 2.45) is 0 Å². The summed E-state index contributed by atoms with van der Waals surface area (Å²) in [5.41, 5.74) is 2.20. The van der Waals surface area contributed by atoms with Crippen LogP contribution in [0.1, 0.15) is 18.1 Å². The van der Waals surface area contributed by atoms with E-state index < -0.39 is 28.5 Å². The molecule has 3 aromatic rings. The van der Waals surface area contributed by atoms with Crippen molar-refractivity contribution in [3.05, 3.63) is 94.5 Å². The SMILES string of the molecule is CNC(=O)C(C)N(Cc1cccc(C)c1)C(=O)CN(c1ccc(Br)cc1)S(=O)(=O)c1ccccc1. The lowest BCUT2D eigenvalue weighted by Gasteiger charge is -2.31. The van der Waals surface area contributed by atoms with Gasteiger partial charge in [0.1, 0.15) is 12.6 Å². The van der Waals surface area contributed by atoms with E-state index in [1.165, 1.54) is 24.1 Å². The summed E-state index contributed by atoms with van der Waals surface area (Å²) >= 11 is 3.36. The molecule has 1 unspecified atom stereocenters. The van der Waals surface area contributed by atoms with Gasteiger partial charge in [-0.25, -0.2) is 8.42 Å². The zero-order valence-electron chi connectivity index (χ0n) is 19.8. The zero-order chi connectivity index (χ0) is 25.6.